The quantitative estimate of drug-likeness (QED) is 0.584. The normalized spacial score (nSPS) is 10.1. The molecule has 0 radical (unpaired) electrons. The zero-order valence-electron chi connectivity index (χ0n) is 9.25. The molecular weight excluding hydrogens is 256 g/mol. The number of benzene rings is 1. The van der Waals surface area contributed by atoms with E-state index < -0.39 is 0 Å². The summed E-state index contributed by atoms with van der Waals surface area (Å²) in [5.74, 6) is 1.84. The van der Waals surface area contributed by atoms with Gasteiger partial charge in [0.25, 0.3) is 0 Å². The summed E-state index contributed by atoms with van der Waals surface area (Å²) in [5.41, 5.74) is 1.22. The van der Waals surface area contributed by atoms with Gasteiger partial charge in [0.1, 0.15) is 11.5 Å². The van der Waals surface area contributed by atoms with Crippen molar-refractivity contribution in [2.75, 3.05) is 19.5 Å². The van der Waals surface area contributed by atoms with Crippen LogP contribution in [0.5, 0.6) is 11.5 Å². The molecule has 0 aliphatic carbocycles. The summed E-state index contributed by atoms with van der Waals surface area (Å²) in [4.78, 5) is 0. The highest BCUT2D eigenvalue weighted by Crippen LogP contribution is 2.25. The predicted molar refractivity (Wildman–Crippen MR) is 66.3 cm³/mol. The number of hydrogen-bond acceptors (Lipinski definition) is 2. The first-order chi connectivity index (χ1) is 7.31. The molecule has 0 spiro atoms. The second kappa shape index (κ2) is 6.72. The third-order valence-corrected chi connectivity index (χ3v) is 2.88. The smallest absolute Gasteiger partial charge is 0.122 e. The van der Waals surface area contributed by atoms with Gasteiger partial charge in [0.15, 0.2) is 0 Å². The number of aryl methyl sites for hydroxylation is 1. The van der Waals surface area contributed by atoms with Gasteiger partial charge in [0.2, 0.25) is 0 Å². The Morgan fingerprint density at radius 3 is 2.53 bits per heavy atom. The second-order valence-electron chi connectivity index (χ2n) is 3.32. The maximum absolute atomic E-state index is 5.31. The molecule has 0 aliphatic heterocycles. The number of hydrogen-bond donors (Lipinski definition) is 0. The lowest BCUT2D eigenvalue weighted by Gasteiger charge is -2.09. The Bertz CT molecular complexity index is 300. The summed E-state index contributed by atoms with van der Waals surface area (Å²) < 4.78 is 10.5. The van der Waals surface area contributed by atoms with Crippen molar-refractivity contribution in [2.24, 2.45) is 0 Å². The summed E-state index contributed by atoms with van der Waals surface area (Å²) in [7, 11) is 3.39. The van der Waals surface area contributed by atoms with Gasteiger partial charge in [-0.05, 0) is 43.0 Å². The van der Waals surface area contributed by atoms with E-state index in [0.717, 1.165) is 29.7 Å². The molecule has 1 aromatic rings. The molecule has 3 heteroatoms. The fourth-order valence-corrected chi connectivity index (χ4v) is 1.88. The molecule has 0 amide bonds. The number of ether oxygens (including phenoxy) is 2. The lowest BCUT2D eigenvalue weighted by Crippen LogP contribution is -1.94. The van der Waals surface area contributed by atoms with E-state index in [1.165, 1.54) is 12.0 Å². The van der Waals surface area contributed by atoms with Crippen LogP contribution in [0.4, 0.5) is 0 Å². The molecule has 0 saturated carbocycles. The van der Waals surface area contributed by atoms with Crippen LogP contribution in [-0.2, 0) is 6.42 Å². The Morgan fingerprint density at radius 2 is 1.93 bits per heavy atom. The average Bonchev–Trinajstić information content (AvgIpc) is 2.29. The van der Waals surface area contributed by atoms with Crippen LogP contribution in [0.3, 0.4) is 0 Å². The maximum atomic E-state index is 5.31. The van der Waals surface area contributed by atoms with Crippen molar-refractivity contribution in [2.45, 2.75) is 19.3 Å². The first-order valence-corrected chi connectivity index (χ1v) is 6.21. The van der Waals surface area contributed by atoms with Gasteiger partial charge in [-0.2, -0.15) is 0 Å². The number of halogens is 1. The molecule has 1 rings (SSSR count). The molecule has 0 unspecified atom stereocenters. The van der Waals surface area contributed by atoms with Gasteiger partial charge in [-0.15, -0.1) is 0 Å². The first kappa shape index (κ1) is 12.4. The van der Waals surface area contributed by atoms with E-state index in [2.05, 4.69) is 15.9 Å². The Morgan fingerprint density at radius 1 is 1.13 bits per heavy atom. The molecule has 0 atom stereocenters. The summed E-state index contributed by atoms with van der Waals surface area (Å²) in [5, 5.41) is 1.05. The predicted octanol–water partition coefficient (Wildman–Crippen LogP) is 3.42. The van der Waals surface area contributed by atoms with Crippen molar-refractivity contribution >= 4 is 15.9 Å². The Balaban J connectivity index is 2.72. The first-order valence-electron chi connectivity index (χ1n) is 5.08. The largest absolute Gasteiger partial charge is 0.497 e. The Hall–Kier alpha value is -0.700. The van der Waals surface area contributed by atoms with Gasteiger partial charge in [-0.3, -0.25) is 0 Å². The standard InChI is InChI=1S/C12H17BrO2/c1-14-11-6-7-12(15-2)10(9-11)5-3-4-8-13/h6-7,9H,3-5,8H2,1-2H3. The third kappa shape index (κ3) is 3.74. The van der Waals surface area contributed by atoms with Gasteiger partial charge in [-0.1, -0.05) is 15.9 Å². The number of alkyl halides is 1. The van der Waals surface area contributed by atoms with Crippen LogP contribution >= 0.6 is 15.9 Å². The topological polar surface area (TPSA) is 18.5 Å². The molecule has 0 saturated heterocycles. The van der Waals surface area contributed by atoms with Crippen molar-refractivity contribution in [1.82, 2.24) is 0 Å². The van der Waals surface area contributed by atoms with E-state index in [1.807, 2.05) is 18.2 Å². The number of unbranched alkanes of at least 4 members (excludes halogenated alkanes) is 1. The van der Waals surface area contributed by atoms with Crippen molar-refractivity contribution in [3.05, 3.63) is 23.8 Å². The van der Waals surface area contributed by atoms with Crippen molar-refractivity contribution in [3.63, 3.8) is 0 Å². The van der Waals surface area contributed by atoms with Gasteiger partial charge in [0.05, 0.1) is 14.2 Å². The highest BCUT2D eigenvalue weighted by Gasteiger charge is 2.04. The third-order valence-electron chi connectivity index (χ3n) is 2.32. The molecule has 0 bridgehead atoms. The van der Waals surface area contributed by atoms with E-state index in [4.69, 9.17) is 9.47 Å². The second-order valence-corrected chi connectivity index (χ2v) is 4.12. The van der Waals surface area contributed by atoms with Crippen molar-refractivity contribution in [3.8, 4) is 11.5 Å². The van der Waals surface area contributed by atoms with E-state index in [9.17, 15) is 0 Å². The minimum Gasteiger partial charge on any atom is -0.497 e. The van der Waals surface area contributed by atoms with Crippen LogP contribution < -0.4 is 9.47 Å². The van der Waals surface area contributed by atoms with Crippen LogP contribution in [0.2, 0.25) is 0 Å². The summed E-state index contributed by atoms with van der Waals surface area (Å²) in [6.07, 6.45) is 3.38. The summed E-state index contributed by atoms with van der Waals surface area (Å²) in [6, 6.07) is 5.93. The Labute approximate surface area is 99.7 Å². The molecule has 0 N–H and O–H groups in total. The molecule has 0 aliphatic rings. The lowest BCUT2D eigenvalue weighted by atomic mass is 10.1. The highest BCUT2D eigenvalue weighted by molar-refractivity contribution is 9.09. The molecule has 0 fully saturated rings. The molecule has 1 aromatic carbocycles. The molecule has 0 aromatic heterocycles. The van der Waals surface area contributed by atoms with Crippen LogP contribution in [-0.4, -0.2) is 19.5 Å². The minimum absolute atomic E-state index is 0.893. The van der Waals surface area contributed by atoms with Crippen LogP contribution in [0.1, 0.15) is 18.4 Å². The van der Waals surface area contributed by atoms with Gasteiger partial charge < -0.3 is 9.47 Å². The zero-order valence-corrected chi connectivity index (χ0v) is 10.8. The molecule has 0 heterocycles. The van der Waals surface area contributed by atoms with E-state index in [1.54, 1.807) is 14.2 Å². The SMILES string of the molecule is COc1ccc(OC)c(CCCCBr)c1. The number of rotatable bonds is 6. The minimum atomic E-state index is 0.893. The van der Waals surface area contributed by atoms with Crippen molar-refractivity contribution in [1.29, 1.82) is 0 Å². The number of methoxy groups -OCH3 is 2. The maximum Gasteiger partial charge on any atom is 0.122 e. The lowest BCUT2D eigenvalue weighted by molar-refractivity contribution is 0.398. The summed E-state index contributed by atoms with van der Waals surface area (Å²) in [6.45, 7) is 0. The fourth-order valence-electron chi connectivity index (χ4n) is 1.49. The van der Waals surface area contributed by atoms with E-state index in [-0.39, 0.29) is 0 Å². The molecular formula is C12H17BrO2. The average molecular weight is 273 g/mol. The highest BCUT2D eigenvalue weighted by atomic mass is 79.9. The van der Waals surface area contributed by atoms with Crippen LogP contribution in [0, 0.1) is 0 Å². The van der Waals surface area contributed by atoms with Crippen LogP contribution in [0.25, 0.3) is 0 Å². The van der Waals surface area contributed by atoms with Gasteiger partial charge in [0, 0.05) is 5.33 Å². The van der Waals surface area contributed by atoms with Gasteiger partial charge in [-0.25, -0.2) is 0 Å². The Kier molecular flexibility index (Phi) is 5.54. The molecule has 15 heavy (non-hydrogen) atoms. The van der Waals surface area contributed by atoms with Gasteiger partial charge >= 0.3 is 0 Å². The summed E-state index contributed by atoms with van der Waals surface area (Å²) >= 11 is 3.43. The monoisotopic (exact) mass is 272 g/mol. The zero-order chi connectivity index (χ0) is 11.1. The van der Waals surface area contributed by atoms with E-state index in [0.29, 0.717) is 0 Å². The molecule has 84 valence electrons. The van der Waals surface area contributed by atoms with Crippen molar-refractivity contribution < 1.29 is 9.47 Å². The van der Waals surface area contributed by atoms with Crippen LogP contribution in [0.15, 0.2) is 18.2 Å². The fraction of sp³-hybridized carbons (Fsp3) is 0.500. The molecule has 2 nitrogen and oxygen atoms in total. The van der Waals surface area contributed by atoms with E-state index >= 15 is 0 Å².